The van der Waals surface area contributed by atoms with Crippen LogP contribution in [-0.4, -0.2) is 16.7 Å². The Labute approximate surface area is 112 Å². The predicted molar refractivity (Wildman–Crippen MR) is 76.0 cm³/mol. The topological polar surface area (TPSA) is 27.1 Å². The van der Waals surface area contributed by atoms with Crippen LogP contribution in [0.25, 0.3) is 11.0 Å². The van der Waals surface area contributed by atoms with Crippen molar-refractivity contribution in [3.8, 4) is 0 Å². The zero-order chi connectivity index (χ0) is 13.2. The van der Waals surface area contributed by atoms with E-state index in [0.717, 1.165) is 22.4 Å². The van der Waals surface area contributed by atoms with Crippen LogP contribution in [-0.2, 0) is 11.8 Å². The number of hydrogen-bond acceptors (Lipinski definition) is 2. The lowest BCUT2D eigenvalue weighted by Gasteiger charge is -2.15. The molecule has 2 aromatic carbocycles. The van der Waals surface area contributed by atoms with Crippen molar-refractivity contribution < 1.29 is 4.74 Å². The fourth-order valence-corrected chi connectivity index (χ4v) is 2.42. The Morgan fingerprint density at radius 2 is 1.68 bits per heavy atom. The molecule has 0 amide bonds. The summed E-state index contributed by atoms with van der Waals surface area (Å²) in [5.41, 5.74) is 3.23. The molecule has 1 heterocycles. The number of nitrogens with zero attached hydrogens (tertiary/aromatic N) is 2. The maximum absolute atomic E-state index is 5.65. The number of rotatable bonds is 3. The summed E-state index contributed by atoms with van der Waals surface area (Å²) >= 11 is 0. The first-order chi connectivity index (χ1) is 9.31. The number of imidazole rings is 1. The Kier molecular flexibility index (Phi) is 3.05. The number of fused-ring (bicyclic) bond motifs is 1. The molecule has 0 saturated heterocycles. The van der Waals surface area contributed by atoms with Crippen LogP contribution in [0.2, 0.25) is 0 Å². The summed E-state index contributed by atoms with van der Waals surface area (Å²) in [6.45, 7) is 0. The van der Waals surface area contributed by atoms with Gasteiger partial charge in [0.15, 0.2) is 0 Å². The van der Waals surface area contributed by atoms with Crippen molar-refractivity contribution in [2.24, 2.45) is 7.05 Å². The molecule has 0 unspecified atom stereocenters. The highest BCUT2D eigenvalue weighted by molar-refractivity contribution is 5.76. The van der Waals surface area contributed by atoms with Crippen LogP contribution in [0.15, 0.2) is 54.6 Å². The second kappa shape index (κ2) is 4.86. The highest BCUT2D eigenvalue weighted by Gasteiger charge is 2.19. The Hall–Kier alpha value is -2.13. The van der Waals surface area contributed by atoms with Gasteiger partial charge in [0, 0.05) is 14.2 Å². The highest BCUT2D eigenvalue weighted by Crippen LogP contribution is 2.27. The quantitative estimate of drug-likeness (QED) is 0.715. The lowest BCUT2D eigenvalue weighted by atomic mass is 10.1. The van der Waals surface area contributed by atoms with Crippen molar-refractivity contribution >= 4 is 11.0 Å². The first-order valence-corrected chi connectivity index (χ1v) is 6.30. The molecule has 0 N–H and O–H groups in total. The maximum Gasteiger partial charge on any atom is 0.143 e. The van der Waals surface area contributed by atoms with E-state index < -0.39 is 0 Å². The minimum atomic E-state index is -0.140. The molecule has 0 fully saturated rings. The number of methoxy groups -OCH3 is 1. The van der Waals surface area contributed by atoms with Gasteiger partial charge < -0.3 is 9.30 Å². The van der Waals surface area contributed by atoms with Crippen LogP contribution in [0.3, 0.4) is 0 Å². The number of hydrogen-bond donors (Lipinski definition) is 0. The van der Waals surface area contributed by atoms with Crippen LogP contribution >= 0.6 is 0 Å². The van der Waals surface area contributed by atoms with Crippen LogP contribution in [0.4, 0.5) is 0 Å². The number of benzene rings is 2. The monoisotopic (exact) mass is 252 g/mol. The molecule has 1 atom stereocenters. The van der Waals surface area contributed by atoms with Crippen LogP contribution in [0.1, 0.15) is 17.5 Å². The molecule has 3 heteroatoms. The zero-order valence-corrected chi connectivity index (χ0v) is 11.1. The van der Waals surface area contributed by atoms with E-state index in [1.54, 1.807) is 7.11 Å². The molecule has 1 aromatic heterocycles. The summed E-state index contributed by atoms with van der Waals surface area (Å²) in [7, 11) is 3.75. The number of aryl methyl sites for hydroxylation is 1. The van der Waals surface area contributed by atoms with E-state index in [9.17, 15) is 0 Å². The van der Waals surface area contributed by atoms with Gasteiger partial charge in [-0.25, -0.2) is 4.98 Å². The van der Waals surface area contributed by atoms with E-state index in [1.165, 1.54) is 0 Å². The summed E-state index contributed by atoms with van der Waals surface area (Å²) in [6.07, 6.45) is -0.140. The Morgan fingerprint density at radius 3 is 2.37 bits per heavy atom. The first-order valence-electron chi connectivity index (χ1n) is 6.30. The Balaban J connectivity index is 2.14. The van der Waals surface area contributed by atoms with Crippen LogP contribution in [0, 0.1) is 0 Å². The zero-order valence-electron chi connectivity index (χ0n) is 11.1. The summed E-state index contributed by atoms with van der Waals surface area (Å²) in [5, 5.41) is 0. The number of para-hydroxylation sites is 2. The van der Waals surface area contributed by atoms with Crippen molar-refractivity contribution in [1.82, 2.24) is 9.55 Å². The molecule has 0 saturated carbocycles. The molecule has 3 rings (SSSR count). The van der Waals surface area contributed by atoms with Crippen LogP contribution < -0.4 is 0 Å². The van der Waals surface area contributed by atoms with Crippen LogP contribution in [0.5, 0.6) is 0 Å². The smallest absolute Gasteiger partial charge is 0.143 e. The normalized spacial score (nSPS) is 12.7. The van der Waals surface area contributed by atoms with Crippen molar-refractivity contribution in [3.05, 3.63) is 66.0 Å². The lowest BCUT2D eigenvalue weighted by molar-refractivity contribution is 0.127. The standard InChI is InChI=1S/C16H16N2O/c1-18-14-11-7-6-10-13(14)17-16(18)15(19-2)12-8-4-3-5-9-12/h3-11,15H,1-2H3/t15-/m1/s1. The van der Waals surface area contributed by atoms with E-state index >= 15 is 0 Å². The fourth-order valence-electron chi connectivity index (χ4n) is 2.42. The molecule has 0 bridgehead atoms. The number of ether oxygens (including phenoxy) is 1. The van der Waals surface area contributed by atoms with Gasteiger partial charge >= 0.3 is 0 Å². The minimum Gasteiger partial charge on any atom is -0.369 e. The van der Waals surface area contributed by atoms with E-state index in [2.05, 4.69) is 22.8 Å². The highest BCUT2D eigenvalue weighted by atomic mass is 16.5. The molecule has 0 radical (unpaired) electrons. The van der Waals surface area contributed by atoms with Gasteiger partial charge in [0.05, 0.1) is 11.0 Å². The second-order valence-electron chi connectivity index (χ2n) is 4.54. The molecular formula is C16H16N2O. The third-order valence-electron chi connectivity index (χ3n) is 3.39. The third-order valence-corrected chi connectivity index (χ3v) is 3.39. The molecule has 3 nitrogen and oxygen atoms in total. The summed E-state index contributed by atoms with van der Waals surface area (Å²) in [5.74, 6) is 0.926. The molecule has 0 aliphatic rings. The SMILES string of the molecule is CO[C@H](c1ccccc1)c1nc2ccccc2n1C. The Morgan fingerprint density at radius 1 is 1.00 bits per heavy atom. The summed E-state index contributed by atoms with van der Waals surface area (Å²) in [6, 6.07) is 18.3. The molecule has 3 aromatic rings. The third kappa shape index (κ3) is 2.02. The molecular weight excluding hydrogens is 236 g/mol. The van der Waals surface area contributed by atoms with E-state index in [-0.39, 0.29) is 6.10 Å². The van der Waals surface area contributed by atoms with Gasteiger partial charge in [-0.1, -0.05) is 42.5 Å². The van der Waals surface area contributed by atoms with Gasteiger partial charge in [-0.15, -0.1) is 0 Å². The molecule has 0 aliphatic carbocycles. The van der Waals surface area contributed by atoms with Crippen molar-refractivity contribution in [1.29, 1.82) is 0 Å². The summed E-state index contributed by atoms with van der Waals surface area (Å²) < 4.78 is 7.74. The number of aromatic nitrogens is 2. The largest absolute Gasteiger partial charge is 0.369 e. The lowest BCUT2D eigenvalue weighted by Crippen LogP contribution is -2.09. The summed E-state index contributed by atoms with van der Waals surface area (Å²) in [4.78, 5) is 4.70. The first kappa shape index (κ1) is 11.9. The van der Waals surface area contributed by atoms with E-state index in [0.29, 0.717) is 0 Å². The predicted octanol–water partition coefficient (Wildman–Crippen LogP) is 3.31. The van der Waals surface area contributed by atoms with E-state index in [4.69, 9.17) is 9.72 Å². The van der Waals surface area contributed by atoms with Gasteiger partial charge in [0.25, 0.3) is 0 Å². The average Bonchev–Trinajstić information content (AvgIpc) is 2.79. The maximum atomic E-state index is 5.65. The van der Waals surface area contributed by atoms with Gasteiger partial charge in [-0.2, -0.15) is 0 Å². The van der Waals surface area contributed by atoms with Gasteiger partial charge in [0.1, 0.15) is 11.9 Å². The fraction of sp³-hybridized carbons (Fsp3) is 0.188. The van der Waals surface area contributed by atoms with Gasteiger partial charge in [-0.05, 0) is 17.7 Å². The van der Waals surface area contributed by atoms with Gasteiger partial charge in [-0.3, -0.25) is 0 Å². The van der Waals surface area contributed by atoms with Crippen molar-refractivity contribution in [2.75, 3.05) is 7.11 Å². The molecule has 0 aliphatic heterocycles. The average molecular weight is 252 g/mol. The molecule has 0 spiro atoms. The van der Waals surface area contributed by atoms with Crippen molar-refractivity contribution in [2.45, 2.75) is 6.10 Å². The minimum absolute atomic E-state index is 0.140. The van der Waals surface area contributed by atoms with Gasteiger partial charge in [0.2, 0.25) is 0 Å². The molecule has 96 valence electrons. The molecule has 19 heavy (non-hydrogen) atoms. The van der Waals surface area contributed by atoms with E-state index in [1.807, 2.05) is 43.4 Å². The second-order valence-corrected chi connectivity index (χ2v) is 4.54. The van der Waals surface area contributed by atoms with Crippen molar-refractivity contribution in [3.63, 3.8) is 0 Å². The Bertz CT molecular complexity index is 688.